The summed E-state index contributed by atoms with van der Waals surface area (Å²) in [6.07, 6.45) is -1.71. The van der Waals surface area contributed by atoms with Crippen LogP contribution in [0.2, 0.25) is 0 Å². The van der Waals surface area contributed by atoms with Gasteiger partial charge in [-0.1, -0.05) is 0 Å². The van der Waals surface area contributed by atoms with E-state index < -0.39 is 12.6 Å². The molecule has 0 bridgehead atoms. The fourth-order valence-electron chi connectivity index (χ4n) is 2.06. The lowest BCUT2D eigenvalue weighted by Crippen LogP contribution is -2.28. The van der Waals surface area contributed by atoms with Gasteiger partial charge in [-0.05, 0) is 45.1 Å². The van der Waals surface area contributed by atoms with Crippen molar-refractivity contribution in [1.29, 1.82) is 0 Å². The fourth-order valence-corrected chi connectivity index (χ4v) is 2.06. The van der Waals surface area contributed by atoms with Crippen LogP contribution < -0.4 is 5.32 Å². The lowest BCUT2D eigenvalue weighted by molar-refractivity contribution is -0.135. The maximum Gasteiger partial charge on any atom is 0.389 e. The Labute approximate surface area is 101 Å². The molecule has 2 nitrogen and oxygen atoms in total. The third-order valence-electron chi connectivity index (χ3n) is 3.17. The van der Waals surface area contributed by atoms with Crippen molar-refractivity contribution >= 4 is 0 Å². The van der Waals surface area contributed by atoms with E-state index in [1.54, 1.807) is 0 Å². The number of hydrogen-bond acceptors (Lipinski definition) is 2. The summed E-state index contributed by atoms with van der Waals surface area (Å²) >= 11 is 0. The van der Waals surface area contributed by atoms with Crippen LogP contribution in [0.1, 0.15) is 39.0 Å². The van der Waals surface area contributed by atoms with E-state index in [1.807, 2.05) is 6.92 Å². The van der Waals surface area contributed by atoms with Crippen LogP contribution in [0, 0.1) is 5.92 Å². The molecule has 1 fully saturated rings. The summed E-state index contributed by atoms with van der Waals surface area (Å²) in [6, 6.07) is 0.166. The van der Waals surface area contributed by atoms with E-state index in [-0.39, 0.29) is 12.5 Å². The van der Waals surface area contributed by atoms with Gasteiger partial charge in [-0.25, -0.2) is 0 Å². The highest BCUT2D eigenvalue weighted by Crippen LogP contribution is 2.22. The zero-order valence-electron chi connectivity index (χ0n) is 10.4. The molecule has 5 heteroatoms. The van der Waals surface area contributed by atoms with Crippen LogP contribution in [0.3, 0.4) is 0 Å². The molecule has 0 aromatic heterocycles. The first-order chi connectivity index (χ1) is 7.97. The maximum absolute atomic E-state index is 11.9. The second-order valence-corrected chi connectivity index (χ2v) is 4.88. The smallest absolute Gasteiger partial charge is 0.381 e. The Kier molecular flexibility index (Phi) is 6.27. The average Bonchev–Trinajstić information content (AvgIpc) is 2.68. The van der Waals surface area contributed by atoms with Crippen LogP contribution in [0.5, 0.6) is 0 Å². The van der Waals surface area contributed by atoms with Gasteiger partial charge in [0.15, 0.2) is 0 Å². The van der Waals surface area contributed by atoms with Gasteiger partial charge >= 0.3 is 6.18 Å². The lowest BCUT2D eigenvalue weighted by atomic mass is 10.0. The summed E-state index contributed by atoms with van der Waals surface area (Å²) < 4.78 is 41.0. The van der Waals surface area contributed by atoms with E-state index in [4.69, 9.17) is 4.74 Å². The van der Waals surface area contributed by atoms with Crippen molar-refractivity contribution in [3.05, 3.63) is 0 Å². The predicted octanol–water partition coefficient (Wildman–Crippen LogP) is 3.12. The summed E-state index contributed by atoms with van der Waals surface area (Å²) in [6.45, 7) is 4.51. The van der Waals surface area contributed by atoms with Gasteiger partial charge < -0.3 is 10.1 Å². The molecule has 0 aromatic carbocycles. The first-order valence-electron chi connectivity index (χ1n) is 6.35. The second kappa shape index (κ2) is 7.21. The number of alkyl halides is 3. The third kappa shape index (κ3) is 7.60. The van der Waals surface area contributed by atoms with Crippen LogP contribution in [-0.4, -0.2) is 32.0 Å². The van der Waals surface area contributed by atoms with Crippen LogP contribution in [-0.2, 0) is 4.74 Å². The maximum atomic E-state index is 11.9. The third-order valence-corrected chi connectivity index (χ3v) is 3.17. The lowest BCUT2D eigenvalue weighted by Gasteiger charge is -2.15. The zero-order valence-corrected chi connectivity index (χ0v) is 10.4. The highest BCUT2D eigenvalue weighted by molar-refractivity contribution is 4.68. The van der Waals surface area contributed by atoms with Crippen LogP contribution in [0.15, 0.2) is 0 Å². The normalized spacial score (nSPS) is 22.9. The standard InChI is InChI=1S/C12H22F3NO/c1-10(3-2-6-12(13,14)15)16-7-4-11-5-8-17-9-11/h10-11,16H,2-9H2,1H3. The predicted molar refractivity (Wildman–Crippen MR) is 60.9 cm³/mol. The molecule has 1 rings (SSSR count). The summed E-state index contributed by atoms with van der Waals surface area (Å²) in [4.78, 5) is 0. The number of nitrogens with one attached hydrogen (secondary N) is 1. The van der Waals surface area contributed by atoms with Gasteiger partial charge in [0.05, 0.1) is 0 Å². The Morgan fingerprint density at radius 2 is 2.18 bits per heavy atom. The number of hydrogen-bond donors (Lipinski definition) is 1. The molecular formula is C12H22F3NO. The minimum absolute atomic E-state index is 0.166. The molecule has 0 amide bonds. The first kappa shape index (κ1) is 14.8. The van der Waals surface area contributed by atoms with Gasteiger partial charge in [0.2, 0.25) is 0 Å². The average molecular weight is 253 g/mol. The molecule has 17 heavy (non-hydrogen) atoms. The summed E-state index contributed by atoms with van der Waals surface area (Å²) in [5.74, 6) is 0.630. The molecule has 1 saturated heterocycles. The molecule has 102 valence electrons. The van der Waals surface area contributed by atoms with E-state index in [0.29, 0.717) is 12.3 Å². The van der Waals surface area contributed by atoms with Crippen molar-refractivity contribution in [1.82, 2.24) is 5.32 Å². The highest BCUT2D eigenvalue weighted by Gasteiger charge is 2.26. The Morgan fingerprint density at radius 3 is 2.76 bits per heavy atom. The van der Waals surface area contributed by atoms with Crippen molar-refractivity contribution in [3.8, 4) is 0 Å². The SMILES string of the molecule is CC(CCCC(F)(F)F)NCCC1CCOC1. The molecule has 0 saturated carbocycles. The number of ether oxygens (including phenoxy) is 1. The molecule has 1 aliphatic heterocycles. The van der Waals surface area contributed by atoms with E-state index in [2.05, 4.69) is 5.32 Å². The van der Waals surface area contributed by atoms with Crippen LogP contribution in [0.4, 0.5) is 13.2 Å². The largest absolute Gasteiger partial charge is 0.389 e. The van der Waals surface area contributed by atoms with Gasteiger partial charge in [-0.3, -0.25) is 0 Å². The van der Waals surface area contributed by atoms with E-state index in [1.165, 1.54) is 0 Å². The highest BCUT2D eigenvalue weighted by atomic mass is 19.4. The Morgan fingerprint density at radius 1 is 1.41 bits per heavy atom. The Hall–Kier alpha value is -0.290. The zero-order chi connectivity index (χ0) is 12.7. The quantitative estimate of drug-likeness (QED) is 0.752. The molecule has 2 unspecified atom stereocenters. The Balaban J connectivity index is 1.95. The van der Waals surface area contributed by atoms with Crippen molar-refractivity contribution in [2.45, 2.75) is 51.2 Å². The van der Waals surface area contributed by atoms with Gasteiger partial charge in [0.25, 0.3) is 0 Å². The van der Waals surface area contributed by atoms with Gasteiger partial charge in [-0.15, -0.1) is 0 Å². The van der Waals surface area contributed by atoms with Crippen LogP contribution >= 0.6 is 0 Å². The van der Waals surface area contributed by atoms with E-state index in [0.717, 1.165) is 32.6 Å². The minimum atomic E-state index is -4.01. The van der Waals surface area contributed by atoms with Crippen molar-refractivity contribution in [2.24, 2.45) is 5.92 Å². The first-order valence-corrected chi connectivity index (χ1v) is 6.35. The second-order valence-electron chi connectivity index (χ2n) is 4.88. The summed E-state index contributed by atoms with van der Waals surface area (Å²) in [5, 5.41) is 3.27. The molecule has 0 spiro atoms. The van der Waals surface area contributed by atoms with Gasteiger partial charge in [0, 0.05) is 25.7 Å². The molecule has 0 aromatic rings. The number of halogens is 3. The van der Waals surface area contributed by atoms with Gasteiger partial charge in [-0.2, -0.15) is 13.2 Å². The molecule has 0 radical (unpaired) electrons. The monoisotopic (exact) mass is 253 g/mol. The van der Waals surface area contributed by atoms with Crippen molar-refractivity contribution < 1.29 is 17.9 Å². The van der Waals surface area contributed by atoms with Crippen molar-refractivity contribution in [2.75, 3.05) is 19.8 Å². The molecule has 1 aliphatic rings. The molecule has 1 heterocycles. The summed E-state index contributed by atoms with van der Waals surface area (Å²) in [7, 11) is 0. The van der Waals surface area contributed by atoms with Crippen LogP contribution in [0.25, 0.3) is 0 Å². The number of rotatable bonds is 7. The fraction of sp³-hybridized carbons (Fsp3) is 1.00. The minimum Gasteiger partial charge on any atom is -0.381 e. The molecule has 1 N–H and O–H groups in total. The van der Waals surface area contributed by atoms with E-state index in [9.17, 15) is 13.2 Å². The summed E-state index contributed by atoms with van der Waals surface area (Å²) in [5.41, 5.74) is 0. The topological polar surface area (TPSA) is 21.3 Å². The van der Waals surface area contributed by atoms with E-state index >= 15 is 0 Å². The van der Waals surface area contributed by atoms with Gasteiger partial charge in [0.1, 0.15) is 0 Å². The molecule has 2 atom stereocenters. The van der Waals surface area contributed by atoms with Crippen molar-refractivity contribution in [3.63, 3.8) is 0 Å². The molecule has 0 aliphatic carbocycles. The Bertz CT molecular complexity index is 202. The molecular weight excluding hydrogens is 231 g/mol.